The van der Waals surface area contributed by atoms with Crippen molar-refractivity contribution in [1.82, 2.24) is 68.0 Å². The van der Waals surface area contributed by atoms with Gasteiger partial charge in [-0.15, -0.1) is 0 Å². The van der Waals surface area contributed by atoms with Crippen LogP contribution in [-0.2, 0) is 75.2 Å². The predicted octanol–water partition coefficient (Wildman–Crippen LogP) is -0.259. The SMILES string of the molecule is CCCC[C@@H]1NC(=O)[C@H](Cc2c[nH]c3ccccc23)NC(=O)[C@H]([C@H](C)CC)NC(=O)[C@@H]2CSSC[C@H](NC(=O)CN)C(=O)N[C@@H](CSSC[C@@H](C(=O)O)NC(=O)[C@H](Cc3ccc(O)cc3)NC1=O)C(=O)N[C@@H](CO)C(=O)N[C@@H](CCCC)C(=O)N1CCC[C@H]1C(=O)N1CCC[C@H]1C(=O)N2. The van der Waals surface area contributed by atoms with E-state index in [9.17, 15) is 63.3 Å². The molecule has 30 nitrogen and oxygen atoms in total. The van der Waals surface area contributed by atoms with Crippen LogP contribution in [0.2, 0.25) is 0 Å². The fourth-order valence-electron chi connectivity index (χ4n) is 11.9. The number of aromatic amines is 1. The molecule has 16 N–H and O–H groups in total. The minimum Gasteiger partial charge on any atom is -0.508 e. The minimum atomic E-state index is -1.75. The lowest BCUT2D eigenvalue weighted by Gasteiger charge is -2.34. The molecule has 0 aliphatic carbocycles. The number of nitrogens with zero attached hydrogens (tertiary/aromatic N) is 2. The van der Waals surface area contributed by atoms with Crippen LogP contribution in [0.1, 0.15) is 109 Å². The number of aliphatic hydroxyl groups excluding tert-OH is 1. The van der Waals surface area contributed by atoms with Gasteiger partial charge in [0.05, 0.1) is 13.2 Å². The molecule has 2 aromatic carbocycles. The number of carboxylic acids is 1. The van der Waals surface area contributed by atoms with Crippen molar-refractivity contribution in [2.45, 2.75) is 184 Å². The summed E-state index contributed by atoms with van der Waals surface area (Å²) in [5.41, 5.74) is 7.43. The number of carboxylic acid groups (broad SMARTS) is 1. The fraction of sp³-hybridized carbons (Fsp3) is 0.585. The van der Waals surface area contributed by atoms with Crippen molar-refractivity contribution in [1.29, 1.82) is 0 Å². The lowest BCUT2D eigenvalue weighted by molar-refractivity contribution is -0.148. The molecule has 0 spiro atoms. The molecule has 99 heavy (non-hydrogen) atoms. The van der Waals surface area contributed by atoms with Gasteiger partial charge in [0, 0.05) is 66.0 Å². The van der Waals surface area contributed by atoms with Gasteiger partial charge < -0.3 is 89.0 Å². The van der Waals surface area contributed by atoms with Crippen LogP contribution in [-0.4, -0.2) is 229 Å². The van der Waals surface area contributed by atoms with Gasteiger partial charge in [0.25, 0.3) is 0 Å². The molecule has 1 aromatic heterocycles. The molecule has 5 heterocycles. The molecule has 0 unspecified atom stereocenters. The molecule has 12 amide bonds. The number of amides is 12. The van der Waals surface area contributed by atoms with E-state index in [-0.39, 0.29) is 75.3 Å². The number of unbranched alkanes of at least 4 members (excludes halogenated alkanes) is 2. The number of aromatic nitrogens is 1. The molecule has 13 atom stereocenters. The van der Waals surface area contributed by atoms with Crippen LogP contribution in [0, 0.1) is 5.92 Å². The number of H-pyrrole nitrogens is 1. The number of para-hydroxylation sites is 1. The minimum absolute atomic E-state index is 0.0251. The summed E-state index contributed by atoms with van der Waals surface area (Å²) in [5.74, 6) is -13.8. The molecule has 34 heteroatoms. The second-order valence-electron chi connectivity index (χ2n) is 24.9. The molecule has 4 aliphatic rings. The average molecular weight is 1450 g/mol. The highest BCUT2D eigenvalue weighted by atomic mass is 33.1. The third-order valence-electron chi connectivity index (χ3n) is 17.8. The summed E-state index contributed by atoms with van der Waals surface area (Å²) in [6.07, 6.45) is 4.68. The molecule has 2 bridgehead atoms. The number of aliphatic carboxylic acids is 1. The molecular formula is C65H92N14O16S4. The Morgan fingerprint density at radius 1 is 0.586 bits per heavy atom. The number of carbonyl (C=O) groups is 13. The highest BCUT2D eigenvalue weighted by molar-refractivity contribution is 8.77. The van der Waals surface area contributed by atoms with Crippen LogP contribution >= 0.6 is 43.2 Å². The van der Waals surface area contributed by atoms with Gasteiger partial charge in [0.1, 0.15) is 78.3 Å². The zero-order valence-corrected chi connectivity index (χ0v) is 59.1. The standard InChI is InChI=1S/C65H92N14O16S4/c1-5-8-15-41-54(83)71-43(26-36-20-22-38(81)23-21-36)55(84)76-49(65(94)95)34-99-98-32-47-59(88)73-45(30-80)57(86)70-42(16-9-6-2)63(92)79-25-13-19-51(79)64(93)78-24-12-18-50(78)61(90)75-48(33-97-96-31-46(58(87)74-47)68-52(82)28-66)60(89)77-53(35(4)7-3)62(91)72-44(56(85)69-41)27-37-29-67-40-17-11-10-14-39(37)40/h10-11,14,17,20-23,29,35,41-51,53,67,80-81H,5-9,12-13,15-16,18-19,24-28,30-34,66H2,1-4H3,(H,68,82)(H,69,85)(H,70,86)(H,71,83)(H,72,91)(H,73,88)(H,74,87)(H,75,90)(H,76,84)(H,77,89)(H,94,95)/t35-,41+,42+,43+,44+,45+,46+,47+,48+,49+,50+,51+,53+/m1/s1. The first-order valence-electron chi connectivity index (χ1n) is 33.5. The Balaban J connectivity index is 1.34. The molecule has 4 aliphatic heterocycles. The van der Waals surface area contributed by atoms with E-state index in [2.05, 4.69) is 58.2 Å². The van der Waals surface area contributed by atoms with Crippen LogP contribution < -0.4 is 58.9 Å². The number of fused-ring (bicyclic) bond motifs is 11. The Morgan fingerprint density at radius 2 is 1.12 bits per heavy atom. The third-order valence-corrected chi connectivity index (χ3v) is 22.6. The molecule has 0 radical (unpaired) electrons. The molecule has 4 saturated heterocycles. The number of aromatic hydroxyl groups is 1. The van der Waals surface area contributed by atoms with Gasteiger partial charge in [0.2, 0.25) is 70.9 Å². The molecule has 7 rings (SSSR count). The number of rotatable bonds is 16. The van der Waals surface area contributed by atoms with Crippen LogP contribution in [0.15, 0.2) is 54.7 Å². The van der Waals surface area contributed by atoms with Crippen LogP contribution in [0.25, 0.3) is 10.9 Å². The Labute approximate surface area is 589 Å². The summed E-state index contributed by atoms with van der Waals surface area (Å²) < 4.78 is 0. The first kappa shape index (κ1) is 78.5. The quantitative estimate of drug-likeness (QED) is 0.0822. The number of benzene rings is 2. The molecule has 542 valence electrons. The van der Waals surface area contributed by atoms with Crippen molar-refractivity contribution >= 4 is 131 Å². The number of hydrogen-bond donors (Lipinski definition) is 15. The summed E-state index contributed by atoms with van der Waals surface area (Å²) in [7, 11) is 3.61. The number of carbonyl (C=O) groups excluding carboxylic acids is 12. The molecular weight excluding hydrogens is 1360 g/mol. The van der Waals surface area contributed by atoms with E-state index < -0.39 is 180 Å². The summed E-state index contributed by atoms with van der Waals surface area (Å²) >= 11 is 0. The van der Waals surface area contributed by atoms with Crippen molar-refractivity contribution in [2.24, 2.45) is 11.7 Å². The Kier molecular flexibility index (Phi) is 30.7. The summed E-state index contributed by atoms with van der Waals surface area (Å²) in [6.45, 7) is 5.78. The van der Waals surface area contributed by atoms with E-state index >= 15 is 14.4 Å². The Bertz CT molecular complexity index is 3370. The largest absolute Gasteiger partial charge is 0.508 e. The maximum atomic E-state index is 15.2. The average Bonchev–Trinajstić information content (AvgIpc) is 1.70. The lowest BCUT2D eigenvalue weighted by atomic mass is 9.96. The third kappa shape index (κ3) is 22.1. The first-order valence-corrected chi connectivity index (χ1v) is 38.5. The smallest absolute Gasteiger partial charge is 0.327 e. The van der Waals surface area contributed by atoms with Gasteiger partial charge in [-0.3, -0.25) is 57.5 Å². The van der Waals surface area contributed by atoms with Crippen LogP contribution in [0.5, 0.6) is 5.75 Å². The van der Waals surface area contributed by atoms with Crippen molar-refractivity contribution in [3.8, 4) is 5.75 Å². The Hall–Kier alpha value is -7.79. The van der Waals surface area contributed by atoms with Crippen LogP contribution in [0.3, 0.4) is 0 Å². The number of nitrogens with one attached hydrogen (secondary N) is 11. The van der Waals surface area contributed by atoms with Crippen molar-refractivity contribution in [3.05, 3.63) is 65.9 Å². The number of nitrogens with two attached hydrogens (primary N) is 1. The zero-order chi connectivity index (χ0) is 71.9. The Morgan fingerprint density at radius 3 is 1.77 bits per heavy atom. The second kappa shape index (κ2) is 38.7. The van der Waals surface area contributed by atoms with E-state index in [0.717, 1.165) is 43.2 Å². The normalized spacial score (nSPS) is 27.2. The van der Waals surface area contributed by atoms with Gasteiger partial charge >= 0.3 is 5.97 Å². The summed E-state index contributed by atoms with van der Waals surface area (Å²) in [6, 6.07) is -4.41. The number of phenolic OH excluding ortho intramolecular Hbond substituents is 1. The number of aliphatic hydroxyl groups is 1. The van der Waals surface area contributed by atoms with E-state index in [1.165, 1.54) is 34.1 Å². The van der Waals surface area contributed by atoms with Crippen LogP contribution in [0.4, 0.5) is 0 Å². The highest BCUT2D eigenvalue weighted by Gasteiger charge is 2.45. The maximum Gasteiger partial charge on any atom is 0.327 e. The van der Waals surface area contributed by atoms with E-state index in [1.807, 2.05) is 32.0 Å². The van der Waals surface area contributed by atoms with Gasteiger partial charge in [-0.05, 0) is 73.8 Å². The van der Waals surface area contributed by atoms with Crippen molar-refractivity contribution in [2.75, 3.05) is 49.3 Å². The molecule has 4 fully saturated rings. The number of phenols is 1. The van der Waals surface area contributed by atoms with Gasteiger partial charge in [-0.1, -0.05) is 133 Å². The summed E-state index contributed by atoms with van der Waals surface area (Å²) in [5, 5.41) is 58.9. The lowest BCUT2D eigenvalue weighted by Crippen LogP contribution is -2.62. The molecule has 3 aromatic rings. The van der Waals surface area contributed by atoms with E-state index in [1.54, 1.807) is 26.1 Å². The second-order valence-corrected chi connectivity index (χ2v) is 30.0. The topological polar surface area (TPSA) is 451 Å². The van der Waals surface area contributed by atoms with E-state index in [4.69, 9.17) is 5.73 Å². The van der Waals surface area contributed by atoms with Gasteiger partial charge in [-0.2, -0.15) is 0 Å². The zero-order valence-electron chi connectivity index (χ0n) is 55.8. The monoisotopic (exact) mass is 1450 g/mol. The highest BCUT2D eigenvalue weighted by Crippen LogP contribution is 2.30. The van der Waals surface area contributed by atoms with Crippen molar-refractivity contribution in [3.63, 3.8) is 0 Å². The molecule has 0 saturated carbocycles. The maximum absolute atomic E-state index is 15.2. The number of hydrogen-bond acceptors (Lipinski definition) is 20. The fourth-order valence-corrected chi connectivity index (χ4v) is 16.5. The van der Waals surface area contributed by atoms with E-state index in [0.29, 0.717) is 60.6 Å². The summed E-state index contributed by atoms with van der Waals surface area (Å²) in [4.78, 5) is 194. The van der Waals surface area contributed by atoms with Gasteiger partial charge in [-0.25, -0.2) is 4.79 Å². The van der Waals surface area contributed by atoms with Crippen molar-refractivity contribution < 1.29 is 77.6 Å². The van der Waals surface area contributed by atoms with Gasteiger partial charge in [0.15, 0.2) is 0 Å². The first-order chi connectivity index (χ1) is 47.5. The predicted molar refractivity (Wildman–Crippen MR) is 375 cm³/mol.